The van der Waals surface area contributed by atoms with Gasteiger partial charge in [-0.15, -0.1) is 0 Å². The third kappa shape index (κ3) is 2.53. The summed E-state index contributed by atoms with van der Waals surface area (Å²) in [4.78, 5) is 0. The van der Waals surface area contributed by atoms with Crippen molar-refractivity contribution in [1.82, 2.24) is 0 Å². The van der Waals surface area contributed by atoms with Crippen molar-refractivity contribution >= 4 is 0 Å². The molecule has 2 nitrogen and oxygen atoms in total. The van der Waals surface area contributed by atoms with Crippen LogP contribution in [-0.4, -0.2) is 11.7 Å². The Bertz CT molecular complexity index is 378. The van der Waals surface area contributed by atoms with Crippen molar-refractivity contribution in [2.24, 2.45) is 5.92 Å². The van der Waals surface area contributed by atoms with Gasteiger partial charge in [0, 0.05) is 5.56 Å². The number of rotatable bonds is 4. The molecule has 88 valence electrons. The molecule has 1 aromatic rings. The fourth-order valence-electron chi connectivity index (χ4n) is 1.59. The van der Waals surface area contributed by atoms with Gasteiger partial charge in [0.1, 0.15) is 0 Å². The predicted octanol–water partition coefficient (Wildman–Crippen LogP) is 2.84. The molecular formula is C13H17FO2. The van der Waals surface area contributed by atoms with Crippen LogP contribution in [-0.2, 0) is 5.60 Å². The SMILES string of the molecule is CC(C)(O)c1cccc(OCC2CC2)c1F. The van der Waals surface area contributed by atoms with Crippen LogP contribution in [0.15, 0.2) is 18.2 Å². The molecule has 0 spiro atoms. The van der Waals surface area contributed by atoms with E-state index < -0.39 is 11.4 Å². The molecular weight excluding hydrogens is 207 g/mol. The maximum absolute atomic E-state index is 14.0. The smallest absolute Gasteiger partial charge is 0.171 e. The lowest BCUT2D eigenvalue weighted by Crippen LogP contribution is -2.18. The lowest BCUT2D eigenvalue weighted by Gasteiger charge is -2.19. The normalized spacial score (nSPS) is 16.2. The summed E-state index contributed by atoms with van der Waals surface area (Å²) in [6.07, 6.45) is 2.35. The Balaban J connectivity index is 2.17. The van der Waals surface area contributed by atoms with E-state index in [-0.39, 0.29) is 11.3 Å². The molecule has 3 heteroatoms. The molecule has 0 aliphatic heterocycles. The van der Waals surface area contributed by atoms with Crippen molar-refractivity contribution in [3.05, 3.63) is 29.6 Å². The zero-order chi connectivity index (χ0) is 11.8. The Morgan fingerprint density at radius 2 is 2.12 bits per heavy atom. The minimum Gasteiger partial charge on any atom is -0.490 e. The second-order valence-electron chi connectivity index (χ2n) is 4.93. The summed E-state index contributed by atoms with van der Waals surface area (Å²) in [5.41, 5.74) is -0.899. The van der Waals surface area contributed by atoms with Crippen LogP contribution in [0.4, 0.5) is 4.39 Å². The van der Waals surface area contributed by atoms with Crippen LogP contribution in [0.5, 0.6) is 5.75 Å². The summed E-state index contributed by atoms with van der Waals surface area (Å²) < 4.78 is 19.4. The van der Waals surface area contributed by atoms with Gasteiger partial charge in [-0.2, -0.15) is 0 Å². The molecule has 0 heterocycles. The number of aliphatic hydroxyl groups is 1. The molecule has 1 aliphatic rings. The summed E-state index contributed by atoms with van der Waals surface area (Å²) in [7, 11) is 0. The fraction of sp³-hybridized carbons (Fsp3) is 0.538. The van der Waals surface area contributed by atoms with E-state index in [1.165, 1.54) is 12.8 Å². The van der Waals surface area contributed by atoms with E-state index >= 15 is 0 Å². The molecule has 0 atom stereocenters. The molecule has 2 rings (SSSR count). The van der Waals surface area contributed by atoms with Crippen LogP contribution in [0, 0.1) is 11.7 Å². The second-order valence-corrected chi connectivity index (χ2v) is 4.93. The van der Waals surface area contributed by atoms with Gasteiger partial charge in [0.2, 0.25) is 0 Å². The van der Waals surface area contributed by atoms with E-state index in [2.05, 4.69) is 0 Å². The highest BCUT2D eigenvalue weighted by Crippen LogP contribution is 2.32. The lowest BCUT2D eigenvalue weighted by atomic mass is 9.97. The molecule has 1 fully saturated rings. The van der Waals surface area contributed by atoms with Crippen LogP contribution in [0.1, 0.15) is 32.3 Å². The van der Waals surface area contributed by atoms with Crippen LogP contribution in [0.25, 0.3) is 0 Å². The Kier molecular flexibility index (Phi) is 2.89. The van der Waals surface area contributed by atoms with E-state index in [9.17, 15) is 9.50 Å². The van der Waals surface area contributed by atoms with Crippen LogP contribution >= 0.6 is 0 Å². The van der Waals surface area contributed by atoms with Gasteiger partial charge >= 0.3 is 0 Å². The summed E-state index contributed by atoms with van der Waals surface area (Å²) in [5.74, 6) is 0.382. The number of ether oxygens (including phenoxy) is 1. The van der Waals surface area contributed by atoms with E-state index in [4.69, 9.17) is 4.74 Å². The maximum atomic E-state index is 14.0. The minimum absolute atomic E-state index is 0.242. The number of hydrogen-bond donors (Lipinski definition) is 1. The van der Waals surface area contributed by atoms with Crippen molar-refractivity contribution < 1.29 is 14.2 Å². The summed E-state index contributed by atoms with van der Waals surface area (Å²) in [6, 6.07) is 4.89. The quantitative estimate of drug-likeness (QED) is 0.852. The molecule has 0 bridgehead atoms. The first-order chi connectivity index (χ1) is 7.48. The number of hydrogen-bond acceptors (Lipinski definition) is 2. The van der Waals surface area contributed by atoms with Crippen molar-refractivity contribution in [3.63, 3.8) is 0 Å². The van der Waals surface area contributed by atoms with Crippen molar-refractivity contribution in [3.8, 4) is 5.75 Å². The Morgan fingerprint density at radius 3 is 2.69 bits per heavy atom. The summed E-state index contributed by atoms with van der Waals surface area (Å²) in [6.45, 7) is 3.71. The maximum Gasteiger partial charge on any atom is 0.171 e. The monoisotopic (exact) mass is 224 g/mol. The van der Waals surface area contributed by atoms with Gasteiger partial charge in [0.25, 0.3) is 0 Å². The third-order valence-corrected chi connectivity index (χ3v) is 2.79. The topological polar surface area (TPSA) is 29.5 Å². The van der Waals surface area contributed by atoms with Crippen molar-refractivity contribution in [2.75, 3.05) is 6.61 Å². The molecule has 0 radical (unpaired) electrons. The van der Waals surface area contributed by atoms with E-state index in [0.717, 1.165) is 0 Å². The average molecular weight is 224 g/mol. The van der Waals surface area contributed by atoms with Gasteiger partial charge < -0.3 is 9.84 Å². The fourth-order valence-corrected chi connectivity index (χ4v) is 1.59. The lowest BCUT2D eigenvalue weighted by molar-refractivity contribution is 0.0737. The molecule has 1 N–H and O–H groups in total. The highest BCUT2D eigenvalue weighted by molar-refractivity contribution is 5.34. The average Bonchev–Trinajstić information content (AvgIpc) is 2.98. The third-order valence-electron chi connectivity index (χ3n) is 2.79. The summed E-state index contributed by atoms with van der Waals surface area (Å²) >= 11 is 0. The van der Waals surface area contributed by atoms with Crippen molar-refractivity contribution in [1.29, 1.82) is 0 Å². The Morgan fingerprint density at radius 1 is 1.44 bits per heavy atom. The molecule has 16 heavy (non-hydrogen) atoms. The van der Waals surface area contributed by atoms with E-state index in [1.807, 2.05) is 0 Å². The predicted molar refractivity (Wildman–Crippen MR) is 59.9 cm³/mol. The highest BCUT2D eigenvalue weighted by Gasteiger charge is 2.25. The molecule has 0 saturated heterocycles. The first kappa shape index (κ1) is 11.4. The Labute approximate surface area is 95.1 Å². The highest BCUT2D eigenvalue weighted by atomic mass is 19.1. The van der Waals surface area contributed by atoms with Crippen LogP contribution < -0.4 is 4.74 Å². The first-order valence-electron chi connectivity index (χ1n) is 5.62. The largest absolute Gasteiger partial charge is 0.490 e. The van der Waals surface area contributed by atoms with Gasteiger partial charge in [-0.1, -0.05) is 12.1 Å². The van der Waals surface area contributed by atoms with Gasteiger partial charge in [0.15, 0.2) is 11.6 Å². The molecule has 1 saturated carbocycles. The van der Waals surface area contributed by atoms with Gasteiger partial charge in [-0.25, -0.2) is 4.39 Å². The zero-order valence-electron chi connectivity index (χ0n) is 9.66. The van der Waals surface area contributed by atoms with Gasteiger partial charge in [0.05, 0.1) is 12.2 Å². The minimum atomic E-state index is -1.18. The molecule has 1 aliphatic carbocycles. The van der Waals surface area contributed by atoms with Crippen LogP contribution in [0.2, 0.25) is 0 Å². The van der Waals surface area contributed by atoms with Gasteiger partial charge in [-0.3, -0.25) is 0 Å². The molecule has 1 aromatic carbocycles. The molecule has 0 amide bonds. The Hall–Kier alpha value is -1.09. The second kappa shape index (κ2) is 4.06. The standard InChI is InChI=1S/C13H17FO2/c1-13(2,15)10-4-3-5-11(12(10)14)16-8-9-6-7-9/h3-5,9,15H,6-8H2,1-2H3. The van der Waals surface area contributed by atoms with E-state index in [0.29, 0.717) is 12.5 Å². The number of halogens is 1. The molecule has 0 aromatic heterocycles. The summed E-state index contributed by atoms with van der Waals surface area (Å²) in [5, 5.41) is 9.79. The van der Waals surface area contributed by atoms with E-state index in [1.54, 1.807) is 32.0 Å². The molecule has 0 unspecified atom stereocenters. The van der Waals surface area contributed by atoms with Crippen LogP contribution in [0.3, 0.4) is 0 Å². The van der Waals surface area contributed by atoms with Gasteiger partial charge in [-0.05, 0) is 38.7 Å². The number of benzene rings is 1. The zero-order valence-corrected chi connectivity index (χ0v) is 9.66. The first-order valence-corrected chi connectivity index (χ1v) is 5.62. The van der Waals surface area contributed by atoms with Crippen molar-refractivity contribution in [2.45, 2.75) is 32.3 Å².